The first kappa shape index (κ1) is 13.7. The number of carbonyl (C=O) groups excluding carboxylic acids is 1. The molecule has 2 heterocycles. The number of pyridine rings is 2. The van der Waals surface area contributed by atoms with Gasteiger partial charge in [0, 0.05) is 18.0 Å². The molecule has 0 saturated heterocycles. The Morgan fingerprint density at radius 2 is 2.15 bits per heavy atom. The molecule has 5 heteroatoms. The van der Waals surface area contributed by atoms with Gasteiger partial charge in [-0.3, -0.25) is 9.78 Å². The van der Waals surface area contributed by atoms with Gasteiger partial charge < -0.3 is 11.1 Å². The molecule has 0 unspecified atom stereocenters. The third-order valence-electron chi connectivity index (χ3n) is 2.49. The van der Waals surface area contributed by atoms with Crippen LogP contribution >= 0.6 is 0 Å². The Morgan fingerprint density at radius 1 is 1.25 bits per heavy atom. The highest BCUT2D eigenvalue weighted by Crippen LogP contribution is 2.00. The average molecular weight is 266 g/mol. The molecule has 0 saturated carbocycles. The van der Waals surface area contributed by atoms with E-state index in [4.69, 9.17) is 5.73 Å². The molecule has 0 radical (unpaired) electrons. The number of aromatic nitrogens is 2. The van der Waals surface area contributed by atoms with E-state index in [1.807, 2.05) is 18.2 Å². The molecule has 1 amide bonds. The van der Waals surface area contributed by atoms with Gasteiger partial charge in [0.1, 0.15) is 5.69 Å². The molecule has 0 spiro atoms. The van der Waals surface area contributed by atoms with Crippen molar-refractivity contribution in [1.82, 2.24) is 15.3 Å². The van der Waals surface area contributed by atoms with Crippen molar-refractivity contribution in [2.24, 2.45) is 5.73 Å². The maximum Gasteiger partial charge on any atom is 0.270 e. The topological polar surface area (TPSA) is 80.9 Å². The Bertz CT molecular complexity index is 626. The van der Waals surface area contributed by atoms with Crippen LogP contribution in [-0.2, 0) is 6.54 Å². The van der Waals surface area contributed by atoms with Crippen LogP contribution in [0.2, 0.25) is 0 Å². The van der Waals surface area contributed by atoms with E-state index in [0.29, 0.717) is 18.8 Å². The van der Waals surface area contributed by atoms with Crippen LogP contribution < -0.4 is 11.1 Å². The van der Waals surface area contributed by atoms with Crippen LogP contribution in [0.25, 0.3) is 0 Å². The minimum Gasteiger partial charge on any atom is -0.345 e. The maximum atomic E-state index is 11.9. The smallest absolute Gasteiger partial charge is 0.270 e. The van der Waals surface area contributed by atoms with E-state index in [1.54, 1.807) is 24.5 Å². The molecule has 2 rings (SSSR count). The van der Waals surface area contributed by atoms with Gasteiger partial charge in [0.2, 0.25) is 0 Å². The summed E-state index contributed by atoms with van der Waals surface area (Å²) in [6.45, 7) is 0.669. The molecule has 20 heavy (non-hydrogen) atoms. The van der Waals surface area contributed by atoms with E-state index in [-0.39, 0.29) is 5.91 Å². The first-order valence-corrected chi connectivity index (χ1v) is 6.12. The molecule has 3 N–H and O–H groups in total. The zero-order valence-electron chi connectivity index (χ0n) is 10.8. The fourth-order valence-corrected chi connectivity index (χ4v) is 1.52. The molecule has 2 aromatic rings. The van der Waals surface area contributed by atoms with Crippen molar-refractivity contribution in [2.45, 2.75) is 6.54 Å². The second kappa shape index (κ2) is 7.02. The molecule has 100 valence electrons. The van der Waals surface area contributed by atoms with E-state index in [2.05, 4.69) is 27.1 Å². The average Bonchev–Trinajstić information content (AvgIpc) is 2.52. The lowest BCUT2D eigenvalue weighted by Gasteiger charge is -2.04. The Labute approximate surface area is 117 Å². The molecular formula is C15H14N4O. The van der Waals surface area contributed by atoms with Gasteiger partial charge in [-0.2, -0.15) is 0 Å². The van der Waals surface area contributed by atoms with Crippen molar-refractivity contribution in [3.8, 4) is 11.8 Å². The van der Waals surface area contributed by atoms with Crippen LogP contribution in [0, 0.1) is 11.8 Å². The fraction of sp³-hybridized carbons (Fsp3) is 0.133. The van der Waals surface area contributed by atoms with Crippen molar-refractivity contribution in [2.75, 3.05) is 6.54 Å². The maximum absolute atomic E-state index is 11.9. The van der Waals surface area contributed by atoms with Gasteiger partial charge in [-0.15, -0.1) is 0 Å². The molecule has 0 aliphatic rings. The number of rotatable bonds is 3. The summed E-state index contributed by atoms with van der Waals surface area (Å²) in [5.74, 6) is 5.34. The number of hydrogen-bond donors (Lipinski definition) is 2. The van der Waals surface area contributed by atoms with Crippen LogP contribution in [0.5, 0.6) is 0 Å². The Morgan fingerprint density at radius 3 is 2.80 bits per heavy atom. The molecule has 5 nitrogen and oxygen atoms in total. The molecule has 0 aliphatic carbocycles. The van der Waals surface area contributed by atoms with Crippen LogP contribution in [-0.4, -0.2) is 22.4 Å². The lowest BCUT2D eigenvalue weighted by atomic mass is 10.2. The van der Waals surface area contributed by atoms with E-state index < -0.39 is 0 Å². The lowest BCUT2D eigenvalue weighted by molar-refractivity contribution is 0.0945. The quantitative estimate of drug-likeness (QED) is 0.802. The standard InChI is InChI=1S/C15H14N4O/c16-8-3-4-12-6-7-14(18-10-12)15(20)19-11-13-5-1-2-9-17-13/h1-2,5-7,9-10H,8,11,16H2,(H,19,20). The number of carbonyl (C=O) groups is 1. The summed E-state index contributed by atoms with van der Waals surface area (Å²) in [4.78, 5) is 20.1. The highest BCUT2D eigenvalue weighted by atomic mass is 16.1. The molecule has 0 bridgehead atoms. The lowest BCUT2D eigenvalue weighted by Crippen LogP contribution is -2.24. The van der Waals surface area contributed by atoms with Gasteiger partial charge in [0.25, 0.3) is 5.91 Å². The van der Waals surface area contributed by atoms with E-state index in [9.17, 15) is 4.79 Å². The number of nitrogens with zero attached hydrogens (tertiary/aromatic N) is 2. The highest BCUT2D eigenvalue weighted by molar-refractivity contribution is 5.92. The van der Waals surface area contributed by atoms with E-state index in [1.165, 1.54) is 0 Å². The summed E-state index contributed by atoms with van der Waals surface area (Å²) in [7, 11) is 0. The Kier molecular flexibility index (Phi) is 4.81. The van der Waals surface area contributed by atoms with Gasteiger partial charge in [-0.1, -0.05) is 17.9 Å². The van der Waals surface area contributed by atoms with Crippen molar-refractivity contribution in [3.63, 3.8) is 0 Å². The van der Waals surface area contributed by atoms with E-state index in [0.717, 1.165) is 11.3 Å². The molecule has 0 atom stereocenters. The number of nitrogens with one attached hydrogen (secondary N) is 1. The van der Waals surface area contributed by atoms with Gasteiger partial charge in [0.15, 0.2) is 0 Å². The third-order valence-corrected chi connectivity index (χ3v) is 2.49. The monoisotopic (exact) mass is 266 g/mol. The van der Waals surface area contributed by atoms with Gasteiger partial charge in [-0.05, 0) is 24.3 Å². The summed E-state index contributed by atoms with van der Waals surface area (Å²) in [6.07, 6.45) is 3.24. The predicted octanol–water partition coefficient (Wildman–Crippen LogP) is 0.717. The summed E-state index contributed by atoms with van der Waals surface area (Å²) in [5.41, 5.74) is 7.16. The van der Waals surface area contributed by atoms with Crippen molar-refractivity contribution >= 4 is 5.91 Å². The van der Waals surface area contributed by atoms with Crippen molar-refractivity contribution in [3.05, 3.63) is 59.7 Å². The predicted molar refractivity (Wildman–Crippen MR) is 75.6 cm³/mol. The molecule has 2 aromatic heterocycles. The second-order valence-corrected chi connectivity index (χ2v) is 3.94. The van der Waals surface area contributed by atoms with Crippen LogP contribution in [0.4, 0.5) is 0 Å². The first-order valence-electron chi connectivity index (χ1n) is 6.12. The minimum atomic E-state index is -0.242. The number of nitrogens with two attached hydrogens (primary N) is 1. The molecule has 0 aromatic carbocycles. The van der Waals surface area contributed by atoms with Crippen LogP contribution in [0.1, 0.15) is 21.7 Å². The SMILES string of the molecule is NCC#Cc1ccc(C(=O)NCc2ccccn2)nc1. The fourth-order valence-electron chi connectivity index (χ4n) is 1.52. The minimum absolute atomic E-state index is 0.242. The summed E-state index contributed by atoms with van der Waals surface area (Å²) in [5, 5.41) is 2.76. The normalized spacial score (nSPS) is 9.45. The molecule has 0 fully saturated rings. The largest absolute Gasteiger partial charge is 0.345 e. The van der Waals surface area contributed by atoms with Crippen molar-refractivity contribution in [1.29, 1.82) is 0 Å². The number of hydrogen-bond acceptors (Lipinski definition) is 4. The first-order chi connectivity index (χ1) is 9.79. The zero-order chi connectivity index (χ0) is 14.2. The van der Waals surface area contributed by atoms with Crippen molar-refractivity contribution < 1.29 is 4.79 Å². The van der Waals surface area contributed by atoms with Crippen LogP contribution in [0.3, 0.4) is 0 Å². The van der Waals surface area contributed by atoms with Gasteiger partial charge >= 0.3 is 0 Å². The summed E-state index contributed by atoms with van der Waals surface area (Å²) in [6, 6.07) is 8.92. The van der Waals surface area contributed by atoms with Gasteiger partial charge in [-0.25, -0.2) is 4.98 Å². The zero-order valence-corrected chi connectivity index (χ0v) is 10.8. The summed E-state index contributed by atoms with van der Waals surface area (Å²) < 4.78 is 0. The summed E-state index contributed by atoms with van der Waals surface area (Å²) >= 11 is 0. The second-order valence-electron chi connectivity index (χ2n) is 3.94. The van der Waals surface area contributed by atoms with Crippen LogP contribution in [0.15, 0.2) is 42.7 Å². The number of amides is 1. The Hall–Kier alpha value is -2.71. The third kappa shape index (κ3) is 3.90. The van der Waals surface area contributed by atoms with Gasteiger partial charge in [0.05, 0.1) is 18.8 Å². The Balaban J connectivity index is 1.96. The highest BCUT2D eigenvalue weighted by Gasteiger charge is 2.06. The molecule has 0 aliphatic heterocycles. The van der Waals surface area contributed by atoms with E-state index >= 15 is 0 Å². The molecular weight excluding hydrogens is 252 g/mol.